The third-order valence-corrected chi connectivity index (χ3v) is 3.45. The summed E-state index contributed by atoms with van der Waals surface area (Å²) < 4.78 is 36.4. The van der Waals surface area contributed by atoms with Crippen molar-refractivity contribution in [3.05, 3.63) is 0 Å². The Kier molecular flexibility index (Phi) is 4.62. The van der Waals surface area contributed by atoms with Gasteiger partial charge in [-0.15, -0.1) is 0 Å². The molecule has 0 saturated carbocycles. The summed E-state index contributed by atoms with van der Waals surface area (Å²) in [5.41, 5.74) is 0.153. The van der Waals surface area contributed by atoms with Gasteiger partial charge >= 0.3 is 6.18 Å². The van der Waals surface area contributed by atoms with Gasteiger partial charge in [-0.25, -0.2) is 0 Å². The molecule has 2 nitrogen and oxygen atoms in total. The minimum atomic E-state index is -4.07. The van der Waals surface area contributed by atoms with Gasteiger partial charge < -0.3 is 10.6 Å². The first-order chi connectivity index (χ1) is 7.37. The van der Waals surface area contributed by atoms with Crippen molar-refractivity contribution in [3.8, 4) is 0 Å². The van der Waals surface area contributed by atoms with Gasteiger partial charge in [0, 0.05) is 19.1 Å². The first-order valence-electron chi connectivity index (χ1n) is 5.88. The Balaban J connectivity index is 2.32. The fraction of sp³-hybridized carbons (Fsp3) is 1.00. The van der Waals surface area contributed by atoms with Crippen molar-refractivity contribution in [2.24, 2.45) is 5.41 Å². The first-order valence-corrected chi connectivity index (χ1v) is 5.88. The molecule has 5 heteroatoms. The van der Waals surface area contributed by atoms with E-state index in [4.69, 9.17) is 0 Å². The van der Waals surface area contributed by atoms with Crippen molar-refractivity contribution in [2.75, 3.05) is 19.6 Å². The van der Waals surface area contributed by atoms with Crippen LogP contribution in [0.3, 0.4) is 0 Å². The molecule has 0 spiro atoms. The molecule has 1 heterocycles. The van der Waals surface area contributed by atoms with E-state index in [-0.39, 0.29) is 5.41 Å². The Morgan fingerprint density at radius 2 is 2.12 bits per heavy atom. The predicted molar refractivity (Wildman–Crippen MR) is 58.3 cm³/mol. The van der Waals surface area contributed by atoms with Crippen LogP contribution in [0, 0.1) is 5.41 Å². The van der Waals surface area contributed by atoms with Crippen LogP contribution < -0.4 is 10.6 Å². The van der Waals surface area contributed by atoms with Crippen molar-refractivity contribution >= 4 is 0 Å². The zero-order chi connectivity index (χ0) is 12.2. The van der Waals surface area contributed by atoms with E-state index in [1.807, 2.05) is 0 Å². The molecule has 0 amide bonds. The number of alkyl halides is 3. The van der Waals surface area contributed by atoms with E-state index in [1.54, 1.807) is 6.92 Å². The highest BCUT2D eigenvalue weighted by molar-refractivity contribution is 4.89. The molecule has 0 aromatic carbocycles. The highest BCUT2D eigenvalue weighted by Crippen LogP contribution is 2.29. The molecular formula is C11H21F3N2. The Bertz CT molecular complexity index is 210. The SMILES string of the molecule is CCC1(CNC(C)CC(F)(F)F)CCNC1. The van der Waals surface area contributed by atoms with Crippen LogP contribution in [0.15, 0.2) is 0 Å². The zero-order valence-corrected chi connectivity index (χ0v) is 9.95. The summed E-state index contributed by atoms with van der Waals surface area (Å²) in [7, 11) is 0. The molecule has 1 rings (SSSR count). The molecule has 0 aromatic heterocycles. The van der Waals surface area contributed by atoms with E-state index in [0.717, 1.165) is 25.9 Å². The fourth-order valence-corrected chi connectivity index (χ4v) is 2.18. The topological polar surface area (TPSA) is 24.1 Å². The lowest BCUT2D eigenvalue weighted by molar-refractivity contribution is -0.139. The van der Waals surface area contributed by atoms with Crippen LogP contribution >= 0.6 is 0 Å². The number of hydrogen-bond acceptors (Lipinski definition) is 2. The van der Waals surface area contributed by atoms with Gasteiger partial charge in [-0.05, 0) is 31.7 Å². The van der Waals surface area contributed by atoms with Crippen molar-refractivity contribution in [1.82, 2.24) is 10.6 Å². The zero-order valence-electron chi connectivity index (χ0n) is 9.95. The molecule has 0 aliphatic carbocycles. The summed E-state index contributed by atoms with van der Waals surface area (Å²) in [5, 5.41) is 6.29. The summed E-state index contributed by atoms with van der Waals surface area (Å²) in [6.07, 6.45) is -2.76. The van der Waals surface area contributed by atoms with E-state index in [1.165, 1.54) is 0 Å². The number of hydrogen-bond donors (Lipinski definition) is 2. The van der Waals surface area contributed by atoms with Gasteiger partial charge in [0.05, 0.1) is 6.42 Å². The Morgan fingerprint density at radius 1 is 1.44 bits per heavy atom. The molecule has 2 unspecified atom stereocenters. The summed E-state index contributed by atoms with van der Waals surface area (Å²) in [4.78, 5) is 0. The number of halogens is 3. The summed E-state index contributed by atoms with van der Waals surface area (Å²) >= 11 is 0. The molecule has 2 N–H and O–H groups in total. The third-order valence-electron chi connectivity index (χ3n) is 3.45. The monoisotopic (exact) mass is 238 g/mol. The molecule has 96 valence electrons. The van der Waals surface area contributed by atoms with Gasteiger partial charge in [0.25, 0.3) is 0 Å². The van der Waals surface area contributed by atoms with E-state index >= 15 is 0 Å². The summed E-state index contributed by atoms with van der Waals surface area (Å²) in [5.74, 6) is 0. The molecule has 1 fully saturated rings. The largest absolute Gasteiger partial charge is 0.390 e. The lowest BCUT2D eigenvalue weighted by Crippen LogP contribution is -2.41. The van der Waals surface area contributed by atoms with Gasteiger partial charge in [0.2, 0.25) is 0 Å². The third kappa shape index (κ3) is 4.29. The standard InChI is InChI=1S/C11H21F3N2/c1-3-10(4-5-15-7-10)8-16-9(2)6-11(12,13)14/h9,15-16H,3-8H2,1-2H3. The summed E-state index contributed by atoms with van der Waals surface area (Å²) in [6.45, 7) is 6.26. The van der Waals surface area contributed by atoms with Gasteiger partial charge in [-0.1, -0.05) is 6.92 Å². The average molecular weight is 238 g/mol. The highest BCUT2D eigenvalue weighted by atomic mass is 19.4. The second kappa shape index (κ2) is 5.36. The minimum absolute atomic E-state index is 0.153. The average Bonchev–Trinajstić information content (AvgIpc) is 2.61. The van der Waals surface area contributed by atoms with Gasteiger partial charge in [-0.3, -0.25) is 0 Å². The smallest absolute Gasteiger partial charge is 0.316 e. The maximum atomic E-state index is 12.1. The molecule has 16 heavy (non-hydrogen) atoms. The Labute approximate surface area is 95.0 Å². The van der Waals surface area contributed by atoms with Crippen LogP contribution in [0.2, 0.25) is 0 Å². The van der Waals surface area contributed by atoms with E-state index < -0.39 is 18.6 Å². The normalized spacial score (nSPS) is 28.3. The molecular weight excluding hydrogens is 217 g/mol. The van der Waals surface area contributed by atoms with Gasteiger partial charge in [-0.2, -0.15) is 13.2 Å². The van der Waals surface area contributed by atoms with E-state index in [0.29, 0.717) is 6.54 Å². The van der Waals surface area contributed by atoms with E-state index in [9.17, 15) is 13.2 Å². The maximum Gasteiger partial charge on any atom is 0.390 e. The lowest BCUT2D eigenvalue weighted by Gasteiger charge is -2.29. The van der Waals surface area contributed by atoms with Gasteiger partial charge in [0.1, 0.15) is 0 Å². The van der Waals surface area contributed by atoms with Crippen LogP contribution in [-0.4, -0.2) is 31.9 Å². The highest BCUT2D eigenvalue weighted by Gasteiger charge is 2.34. The molecule has 0 aromatic rings. The minimum Gasteiger partial charge on any atom is -0.316 e. The van der Waals surface area contributed by atoms with Crippen LogP contribution in [0.5, 0.6) is 0 Å². The van der Waals surface area contributed by atoms with Crippen molar-refractivity contribution < 1.29 is 13.2 Å². The molecule has 1 saturated heterocycles. The first kappa shape index (κ1) is 13.8. The van der Waals surface area contributed by atoms with Crippen molar-refractivity contribution in [3.63, 3.8) is 0 Å². The second-order valence-corrected chi connectivity index (χ2v) is 4.88. The van der Waals surface area contributed by atoms with E-state index in [2.05, 4.69) is 17.6 Å². The van der Waals surface area contributed by atoms with Crippen LogP contribution in [0.4, 0.5) is 13.2 Å². The second-order valence-electron chi connectivity index (χ2n) is 4.88. The Hall–Kier alpha value is -0.290. The van der Waals surface area contributed by atoms with Gasteiger partial charge in [0.15, 0.2) is 0 Å². The summed E-state index contributed by atoms with van der Waals surface area (Å²) in [6, 6.07) is -0.496. The molecule has 2 atom stereocenters. The van der Waals surface area contributed by atoms with Crippen molar-refractivity contribution in [2.45, 2.75) is 45.3 Å². The predicted octanol–water partition coefficient (Wildman–Crippen LogP) is 2.31. The Morgan fingerprint density at radius 3 is 2.56 bits per heavy atom. The maximum absolute atomic E-state index is 12.1. The number of rotatable bonds is 5. The van der Waals surface area contributed by atoms with Crippen LogP contribution in [-0.2, 0) is 0 Å². The molecule has 0 radical (unpaired) electrons. The van der Waals surface area contributed by atoms with Crippen molar-refractivity contribution in [1.29, 1.82) is 0 Å². The molecule has 1 aliphatic rings. The molecule has 1 aliphatic heterocycles. The number of nitrogens with one attached hydrogen (secondary N) is 2. The lowest BCUT2D eigenvalue weighted by atomic mass is 9.84. The van der Waals surface area contributed by atoms with Crippen LogP contribution in [0.25, 0.3) is 0 Å². The fourth-order valence-electron chi connectivity index (χ4n) is 2.18. The van der Waals surface area contributed by atoms with Crippen LogP contribution in [0.1, 0.15) is 33.1 Å². The molecule has 0 bridgehead atoms. The quantitative estimate of drug-likeness (QED) is 0.768.